The molecule has 11 rings (SSSR count). The van der Waals surface area contributed by atoms with Crippen LogP contribution >= 0.6 is 11.8 Å². The van der Waals surface area contributed by atoms with Crippen LogP contribution in [-0.2, 0) is 26.3 Å². The van der Waals surface area contributed by atoms with Crippen LogP contribution in [0.4, 0.5) is 0 Å². The first kappa shape index (κ1) is 35.9. The fourth-order valence-corrected chi connectivity index (χ4v) is 12.3. The number of carbonyl (C=O) groups is 2. The number of piperazine rings is 1. The Kier molecular flexibility index (Phi) is 8.17. The SMILES string of the molecule is COc1c(C)cc2c(c1O)[C@H]1N[C@@H](C2C)[C@H](O)N2[C@H]1[C@@H]1SC[C@]3(N[C@H](CO)Cc4c3[nH]c3ccccc43)C(=O)OC[C@H]2c2c3c(c(C)c(OC(C)=O)c21)OCO3. The van der Waals surface area contributed by atoms with Gasteiger partial charge in [-0.1, -0.05) is 31.2 Å². The van der Waals surface area contributed by atoms with Crippen LogP contribution in [0.3, 0.4) is 0 Å². The van der Waals surface area contributed by atoms with E-state index in [0.29, 0.717) is 57.4 Å². The van der Waals surface area contributed by atoms with Crippen molar-refractivity contribution in [2.24, 2.45) is 0 Å². The minimum atomic E-state index is -1.43. The summed E-state index contributed by atoms with van der Waals surface area (Å²) in [5.41, 5.74) is 5.26. The number of aliphatic hydroxyl groups excluding tert-OH is 2. The van der Waals surface area contributed by atoms with Gasteiger partial charge in [-0.15, -0.1) is 11.8 Å². The van der Waals surface area contributed by atoms with Gasteiger partial charge in [0.05, 0.1) is 42.8 Å². The molecule has 0 aliphatic carbocycles. The van der Waals surface area contributed by atoms with Crippen LogP contribution < -0.4 is 29.6 Å². The van der Waals surface area contributed by atoms with E-state index in [9.17, 15) is 24.9 Å². The Morgan fingerprint density at radius 2 is 1.89 bits per heavy atom. The van der Waals surface area contributed by atoms with Gasteiger partial charge in [0, 0.05) is 63.8 Å². The summed E-state index contributed by atoms with van der Waals surface area (Å²) in [6.45, 7) is 6.61. The summed E-state index contributed by atoms with van der Waals surface area (Å²) in [6.07, 6.45) is -0.588. The predicted octanol–water partition coefficient (Wildman–Crippen LogP) is 3.76. The van der Waals surface area contributed by atoms with E-state index in [-0.39, 0.29) is 37.4 Å². The number of thioether (sulfide) groups is 1. The summed E-state index contributed by atoms with van der Waals surface area (Å²) in [5.74, 6) is 0.426. The topological polar surface area (TPSA) is 184 Å². The van der Waals surface area contributed by atoms with Gasteiger partial charge >= 0.3 is 11.9 Å². The van der Waals surface area contributed by atoms with E-state index in [1.807, 2.05) is 56.0 Å². The smallest absolute Gasteiger partial charge is 0.333 e. The first-order chi connectivity index (χ1) is 27.0. The number of ether oxygens (including phenoxy) is 5. The lowest BCUT2D eigenvalue weighted by atomic mass is 9.71. The van der Waals surface area contributed by atoms with Gasteiger partial charge in [0.1, 0.15) is 18.6 Å². The van der Waals surface area contributed by atoms with Crippen molar-refractivity contribution >= 4 is 34.6 Å². The number of rotatable bonds is 3. The molecule has 56 heavy (non-hydrogen) atoms. The minimum absolute atomic E-state index is 0.0206. The van der Waals surface area contributed by atoms with Gasteiger partial charge in [-0.05, 0) is 43.0 Å². The van der Waals surface area contributed by atoms with E-state index >= 15 is 0 Å². The zero-order valence-corrected chi connectivity index (χ0v) is 32.4. The summed E-state index contributed by atoms with van der Waals surface area (Å²) < 4.78 is 30.6. The molecular formula is C41H44N4O10S. The second kappa shape index (κ2) is 12.7. The van der Waals surface area contributed by atoms with Crippen LogP contribution in [0.2, 0.25) is 0 Å². The number of H-pyrrole nitrogens is 1. The van der Waals surface area contributed by atoms with Gasteiger partial charge < -0.3 is 49.3 Å². The highest BCUT2D eigenvalue weighted by molar-refractivity contribution is 7.99. The van der Waals surface area contributed by atoms with Gasteiger partial charge in [-0.25, -0.2) is 4.79 Å². The average Bonchev–Trinajstić information content (AvgIpc) is 3.83. The Balaban J connectivity index is 1.24. The number of benzene rings is 3. The minimum Gasteiger partial charge on any atom is -0.504 e. The molecule has 9 atom stereocenters. The number of hydrogen-bond acceptors (Lipinski definition) is 14. The molecule has 15 heteroatoms. The molecule has 0 radical (unpaired) electrons. The number of nitrogens with one attached hydrogen (secondary N) is 3. The van der Waals surface area contributed by atoms with Crippen molar-refractivity contribution in [1.29, 1.82) is 0 Å². The number of para-hydroxylation sites is 1. The lowest BCUT2D eigenvalue weighted by Crippen LogP contribution is -2.70. The molecule has 6 N–H and O–H groups in total. The van der Waals surface area contributed by atoms with Gasteiger partial charge in [0.25, 0.3) is 0 Å². The van der Waals surface area contributed by atoms with Crippen LogP contribution in [0.5, 0.6) is 28.7 Å². The first-order valence-electron chi connectivity index (χ1n) is 19.0. The largest absolute Gasteiger partial charge is 0.504 e. The van der Waals surface area contributed by atoms with E-state index in [0.717, 1.165) is 27.6 Å². The third-order valence-electron chi connectivity index (χ3n) is 12.9. The molecule has 2 saturated heterocycles. The Bertz CT molecular complexity index is 2350. The fraction of sp³-hybridized carbons (Fsp3) is 0.463. The summed E-state index contributed by atoms with van der Waals surface area (Å²) in [7, 11) is 1.53. The van der Waals surface area contributed by atoms with Crippen molar-refractivity contribution in [3.8, 4) is 28.7 Å². The summed E-state index contributed by atoms with van der Waals surface area (Å²) in [4.78, 5) is 33.4. The van der Waals surface area contributed by atoms with Crippen molar-refractivity contribution in [1.82, 2.24) is 20.5 Å². The van der Waals surface area contributed by atoms with Crippen LogP contribution in [0.15, 0.2) is 30.3 Å². The number of esters is 2. The number of aromatic amines is 1. The zero-order valence-electron chi connectivity index (χ0n) is 31.6. The van der Waals surface area contributed by atoms with Crippen molar-refractivity contribution < 1.29 is 48.6 Å². The van der Waals surface area contributed by atoms with E-state index < -0.39 is 59.2 Å². The van der Waals surface area contributed by atoms with Crippen molar-refractivity contribution in [2.45, 2.75) is 87.3 Å². The molecule has 1 aromatic heterocycles. The molecule has 7 aliphatic rings. The maximum Gasteiger partial charge on any atom is 0.333 e. The number of aromatic nitrogens is 1. The lowest BCUT2D eigenvalue weighted by molar-refractivity contribution is -0.166. The third-order valence-corrected chi connectivity index (χ3v) is 14.4. The number of aromatic hydroxyl groups is 1. The van der Waals surface area contributed by atoms with Gasteiger partial charge in [-0.3, -0.25) is 15.0 Å². The van der Waals surface area contributed by atoms with Crippen molar-refractivity contribution in [2.75, 3.05) is 32.9 Å². The Morgan fingerprint density at radius 1 is 1.11 bits per heavy atom. The fourth-order valence-electron chi connectivity index (χ4n) is 10.6. The number of aryl methyl sites for hydroxylation is 1. The van der Waals surface area contributed by atoms with E-state index in [2.05, 4.69) is 15.6 Å². The molecule has 14 nitrogen and oxygen atoms in total. The summed E-state index contributed by atoms with van der Waals surface area (Å²) in [6, 6.07) is 7.01. The van der Waals surface area contributed by atoms with Crippen molar-refractivity contribution in [3.63, 3.8) is 0 Å². The van der Waals surface area contributed by atoms with Crippen molar-refractivity contribution in [3.05, 3.63) is 75.0 Å². The highest BCUT2D eigenvalue weighted by atomic mass is 32.2. The molecule has 2 fully saturated rings. The number of nitrogens with zero attached hydrogens (tertiary/aromatic N) is 1. The molecule has 1 unspecified atom stereocenters. The number of methoxy groups -OCH3 is 1. The molecule has 1 spiro atoms. The van der Waals surface area contributed by atoms with Gasteiger partial charge in [0.2, 0.25) is 6.79 Å². The maximum atomic E-state index is 14.9. The maximum absolute atomic E-state index is 14.9. The molecule has 4 bridgehead atoms. The van der Waals surface area contributed by atoms with Crippen LogP contribution in [0.25, 0.3) is 10.9 Å². The Morgan fingerprint density at radius 3 is 2.66 bits per heavy atom. The Labute approximate surface area is 326 Å². The normalized spacial score (nSPS) is 31.3. The molecular weight excluding hydrogens is 741 g/mol. The highest BCUT2D eigenvalue weighted by Gasteiger charge is 2.61. The van der Waals surface area contributed by atoms with E-state index in [1.54, 1.807) is 0 Å². The number of aliphatic hydroxyl groups is 2. The first-order valence-corrected chi connectivity index (χ1v) is 20.1. The number of phenols is 1. The quantitative estimate of drug-likeness (QED) is 0.130. The molecule has 8 heterocycles. The molecule has 0 amide bonds. The van der Waals surface area contributed by atoms with Crippen LogP contribution in [-0.4, -0.2) is 94.4 Å². The third kappa shape index (κ3) is 4.75. The van der Waals surface area contributed by atoms with Gasteiger partial charge in [-0.2, -0.15) is 0 Å². The number of phenolic OH excluding ortho intramolecular Hbond substituents is 1. The van der Waals surface area contributed by atoms with Crippen LogP contribution in [0.1, 0.15) is 81.7 Å². The average molecular weight is 785 g/mol. The van der Waals surface area contributed by atoms with E-state index in [4.69, 9.17) is 23.7 Å². The van der Waals surface area contributed by atoms with E-state index in [1.165, 1.54) is 25.8 Å². The van der Waals surface area contributed by atoms with Gasteiger partial charge in [0.15, 0.2) is 28.5 Å². The summed E-state index contributed by atoms with van der Waals surface area (Å²) in [5, 5.41) is 42.9. The second-order valence-corrected chi connectivity index (χ2v) is 17.0. The highest BCUT2D eigenvalue weighted by Crippen LogP contribution is 2.64. The molecule has 0 saturated carbocycles. The Hall–Kier alpha value is -4.51. The standard InChI is InChI=1S/C41H44N4O10S/c1-16-10-22-17(2)29-39(49)45-25-13-52-40(50)41(38-23(11-20(12-46)44-41)21-8-6-7-9-24(21)42-38)14-56-37(31(45)30(43-29)26(22)32(48)33(16)51-5)28-27(25)36-35(53-15-54-36)18(3)34(28)55-19(4)47/h6-10,17,20,25,29-31,37,39,42-44,46,48-49H,11-15H2,1-5H3/t17?,20-,25-,29-,30+,31+,37+,39-,41+/m0/s1. The number of fused-ring (bicyclic) bond motifs is 11. The monoisotopic (exact) mass is 784 g/mol. The molecule has 3 aromatic carbocycles. The summed E-state index contributed by atoms with van der Waals surface area (Å²) >= 11 is 1.46. The number of hydrogen-bond donors (Lipinski definition) is 6. The molecule has 7 aliphatic heterocycles. The van der Waals surface area contributed by atoms with Crippen LogP contribution in [0, 0.1) is 13.8 Å². The second-order valence-electron chi connectivity index (χ2n) is 15.8. The zero-order chi connectivity index (χ0) is 38.9. The lowest BCUT2D eigenvalue weighted by Gasteiger charge is -2.60. The molecule has 4 aromatic rings. The molecule has 294 valence electrons. The number of carbonyl (C=O) groups excluding carboxylic acids is 2. The predicted molar refractivity (Wildman–Crippen MR) is 204 cm³/mol.